The molecule has 0 radical (unpaired) electrons. The first-order valence-corrected chi connectivity index (χ1v) is 6.40. The van der Waals surface area contributed by atoms with Gasteiger partial charge in [-0.2, -0.15) is 0 Å². The van der Waals surface area contributed by atoms with Crippen LogP contribution in [0.15, 0.2) is 0 Å². The van der Waals surface area contributed by atoms with E-state index in [1.807, 2.05) is 4.90 Å². The number of likely N-dealkylation sites (tertiary alicyclic amines) is 1. The number of hydrogen-bond acceptors (Lipinski definition) is 3. The number of ether oxygens (including phenoxy) is 1. The second-order valence-corrected chi connectivity index (χ2v) is 5.48. The largest absolute Gasteiger partial charge is 0.368 e. The van der Waals surface area contributed by atoms with E-state index >= 15 is 0 Å². The molecule has 3 fully saturated rings. The van der Waals surface area contributed by atoms with Crippen molar-refractivity contribution in [3.8, 4) is 0 Å². The molecule has 0 saturated carbocycles. The molecular weight excluding hydrogens is 204 g/mol. The Morgan fingerprint density at radius 3 is 2.88 bits per heavy atom. The van der Waals surface area contributed by atoms with Crippen molar-refractivity contribution in [2.24, 2.45) is 5.41 Å². The molecule has 3 aliphatic heterocycles. The van der Waals surface area contributed by atoms with Crippen LogP contribution < -0.4 is 5.32 Å². The minimum Gasteiger partial charge on any atom is -0.368 e. The van der Waals surface area contributed by atoms with Gasteiger partial charge in [0.25, 0.3) is 5.91 Å². The van der Waals surface area contributed by atoms with E-state index in [1.54, 1.807) is 0 Å². The summed E-state index contributed by atoms with van der Waals surface area (Å²) in [6.07, 6.45) is 4.35. The van der Waals surface area contributed by atoms with E-state index in [2.05, 4.69) is 5.32 Å². The number of amides is 1. The van der Waals surface area contributed by atoms with Gasteiger partial charge in [0, 0.05) is 31.7 Å². The molecule has 3 heterocycles. The van der Waals surface area contributed by atoms with E-state index in [1.165, 1.54) is 12.8 Å². The molecule has 0 aromatic carbocycles. The standard InChI is InChI=1S/C12H20N2O2/c15-11(10-3-1-6-16-10)14-8-12(9-14)4-2-5-13-7-12/h10,13H,1-9H2. The zero-order valence-corrected chi connectivity index (χ0v) is 9.71. The predicted molar refractivity (Wildman–Crippen MR) is 60.1 cm³/mol. The number of nitrogens with one attached hydrogen (secondary N) is 1. The molecule has 4 nitrogen and oxygen atoms in total. The van der Waals surface area contributed by atoms with Crippen LogP contribution in [0.2, 0.25) is 0 Å². The van der Waals surface area contributed by atoms with Crippen LogP contribution in [0.5, 0.6) is 0 Å². The van der Waals surface area contributed by atoms with Gasteiger partial charge in [0.05, 0.1) is 0 Å². The maximum absolute atomic E-state index is 12.0. The van der Waals surface area contributed by atoms with Gasteiger partial charge in [0.2, 0.25) is 0 Å². The summed E-state index contributed by atoms with van der Waals surface area (Å²) in [6.45, 7) is 4.87. The molecule has 1 amide bonds. The molecule has 90 valence electrons. The molecule has 1 N–H and O–H groups in total. The van der Waals surface area contributed by atoms with Gasteiger partial charge in [-0.1, -0.05) is 0 Å². The molecule has 3 aliphatic rings. The average molecular weight is 224 g/mol. The summed E-state index contributed by atoms with van der Waals surface area (Å²) in [4.78, 5) is 14.0. The molecule has 1 atom stereocenters. The van der Waals surface area contributed by atoms with Crippen molar-refractivity contribution in [3.05, 3.63) is 0 Å². The quantitative estimate of drug-likeness (QED) is 0.700. The van der Waals surface area contributed by atoms with Gasteiger partial charge in [0.15, 0.2) is 0 Å². The first-order chi connectivity index (χ1) is 7.79. The van der Waals surface area contributed by atoms with Crippen molar-refractivity contribution >= 4 is 5.91 Å². The van der Waals surface area contributed by atoms with E-state index < -0.39 is 0 Å². The third kappa shape index (κ3) is 1.74. The lowest BCUT2D eigenvalue weighted by atomic mass is 9.74. The van der Waals surface area contributed by atoms with Crippen LogP contribution in [0.1, 0.15) is 25.7 Å². The molecule has 0 aromatic rings. The van der Waals surface area contributed by atoms with Gasteiger partial charge in [-0.05, 0) is 32.2 Å². The zero-order chi connectivity index (χ0) is 11.0. The Hall–Kier alpha value is -0.610. The van der Waals surface area contributed by atoms with Gasteiger partial charge in [-0.15, -0.1) is 0 Å². The fourth-order valence-corrected chi connectivity index (χ4v) is 3.20. The molecule has 0 bridgehead atoms. The number of rotatable bonds is 1. The van der Waals surface area contributed by atoms with Gasteiger partial charge in [0.1, 0.15) is 6.10 Å². The van der Waals surface area contributed by atoms with Crippen LogP contribution in [0, 0.1) is 5.41 Å². The molecule has 3 saturated heterocycles. The molecule has 16 heavy (non-hydrogen) atoms. The lowest BCUT2D eigenvalue weighted by Gasteiger charge is -2.52. The van der Waals surface area contributed by atoms with Crippen LogP contribution in [0.3, 0.4) is 0 Å². The van der Waals surface area contributed by atoms with Crippen molar-refractivity contribution in [2.45, 2.75) is 31.8 Å². The lowest BCUT2D eigenvalue weighted by Crippen LogP contribution is -2.65. The summed E-state index contributed by atoms with van der Waals surface area (Å²) < 4.78 is 5.44. The van der Waals surface area contributed by atoms with Crippen molar-refractivity contribution in [3.63, 3.8) is 0 Å². The van der Waals surface area contributed by atoms with E-state index in [4.69, 9.17) is 4.74 Å². The Morgan fingerprint density at radius 2 is 2.25 bits per heavy atom. The molecule has 1 spiro atoms. The third-order valence-corrected chi connectivity index (χ3v) is 4.13. The van der Waals surface area contributed by atoms with Gasteiger partial charge in [-0.25, -0.2) is 0 Å². The van der Waals surface area contributed by atoms with Crippen molar-refractivity contribution in [1.82, 2.24) is 10.2 Å². The highest BCUT2D eigenvalue weighted by Crippen LogP contribution is 2.37. The van der Waals surface area contributed by atoms with E-state index in [9.17, 15) is 4.79 Å². The lowest BCUT2D eigenvalue weighted by molar-refractivity contribution is -0.154. The summed E-state index contributed by atoms with van der Waals surface area (Å²) in [5.41, 5.74) is 0.395. The molecule has 0 aromatic heterocycles. The Labute approximate surface area is 96.3 Å². The molecule has 4 heteroatoms. The first kappa shape index (κ1) is 10.5. The van der Waals surface area contributed by atoms with E-state index in [-0.39, 0.29) is 12.0 Å². The fraction of sp³-hybridized carbons (Fsp3) is 0.917. The second kappa shape index (κ2) is 4.00. The molecule has 0 aliphatic carbocycles. The smallest absolute Gasteiger partial charge is 0.251 e. The van der Waals surface area contributed by atoms with Crippen LogP contribution in [0.25, 0.3) is 0 Å². The highest BCUT2D eigenvalue weighted by atomic mass is 16.5. The monoisotopic (exact) mass is 224 g/mol. The van der Waals surface area contributed by atoms with E-state index in [0.717, 1.165) is 45.6 Å². The minimum absolute atomic E-state index is 0.131. The number of hydrogen-bond donors (Lipinski definition) is 1. The third-order valence-electron chi connectivity index (χ3n) is 4.13. The van der Waals surface area contributed by atoms with Crippen LogP contribution >= 0.6 is 0 Å². The number of carbonyl (C=O) groups is 1. The topological polar surface area (TPSA) is 41.6 Å². The van der Waals surface area contributed by atoms with Crippen LogP contribution in [-0.2, 0) is 9.53 Å². The number of carbonyl (C=O) groups excluding carboxylic acids is 1. The van der Waals surface area contributed by atoms with Crippen molar-refractivity contribution < 1.29 is 9.53 Å². The number of nitrogens with zero attached hydrogens (tertiary/aromatic N) is 1. The van der Waals surface area contributed by atoms with Gasteiger partial charge < -0.3 is 15.0 Å². The van der Waals surface area contributed by atoms with Gasteiger partial charge in [-0.3, -0.25) is 4.79 Å². The first-order valence-electron chi connectivity index (χ1n) is 6.40. The van der Waals surface area contributed by atoms with Crippen LogP contribution in [0.4, 0.5) is 0 Å². The van der Waals surface area contributed by atoms with Crippen LogP contribution in [-0.4, -0.2) is 49.7 Å². The Balaban J connectivity index is 1.53. The Morgan fingerprint density at radius 1 is 1.38 bits per heavy atom. The molecule has 1 unspecified atom stereocenters. The summed E-state index contributed by atoms with van der Waals surface area (Å²) in [7, 11) is 0. The highest BCUT2D eigenvalue weighted by molar-refractivity contribution is 5.82. The van der Waals surface area contributed by atoms with Crippen molar-refractivity contribution in [2.75, 3.05) is 32.8 Å². The second-order valence-electron chi connectivity index (χ2n) is 5.48. The average Bonchev–Trinajstić information content (AvgIpc) is 2.79. The normalized spacial score (nSPS) is 32.8. The summed E-state index contributed by atoms with van der Waals surface area (Å²) in [5.74, 6) is 0.230. The Kier molecular flexibility index (Phi) is 2.64. The summed E-state index contributed by atoms with van der Waals surface area (Å²) in [5, 5.41) is 3.44. The molecular formula is C12H20N2O2. The van der Waals surface area contributed by atoms with Gasteiger partial charge >= 0.3 is 0 Å². The summed E-state index contributed by atoms with van der Waals surface area (Å²) in [6, 6.07) is 0. The van der Waals surface area contributed by atoms with E-state index in [0.29, 0.717) is 5.41 Å². The van der Waals surface area contributed by atoms with Crippen molar-refractivity contribution in [1.29, 1.82) is 0 Å². The zero-order valence-electron chi connectivity index (χ0n) is 9.71. The minimum atomic E-state index is -0.131. The maximum atomic E-state index is 12.0. The Bertz CT molecular complexity index is 273. The molecule has 3 rings (SSSR count). The highest BCUT2D eigenvalue weighted by Gasteiger charge is 2.47. The maximum Gasteiger partial charge on any atom is 0.251 e. The summed E-state index contributed by atoms with van der Waals surface area (Å²) >= 11 is 0. The SMILES string of the molecule is O=C(C1CCCO1)N1CC2(CCCNC2)C1. The number of piperidine rings is 1. The predicted octanol–water partition coefficient (Wildman–Crippen LogP) is 0.377. The fourth-order valence-electron chi connectivity index (χ4n) is 3.20.